The van der Waals surface area contributed by atoms with Gasteiger partial charge in [-0.2, -0.15) is 10.4 Å². The van der Waals surface area contributed by atoms with Crippen LogP contribution in [-0.2, 0) is 0 Å². The van der Waals surface area contributed by atoms with Crippen molar-refractivity contribution < 1.29 is 10.2 Å². The average molecular weight is 388 g/mol. The van der Waals surface area contributed by atoms with E-state index in [4.69, 9.17) is 23.2 Å². The summed E-state index contributed by atoms with van der Waals surface area (Å²) in [6, 6.07) is 11.0. The Morgan fingerprint density at radius 3 is 2.65 bits per heavy atom. The topological polar surface area (TPSA) is 117 Å². The summed E-state index contributed by atoms with van der Waals surface area (Å²) in [4.78, 5) is 4.14. The average Bonchev–Trinajstić information content (AvgIpc) is 2.99. The number of aromatic amines is 1. The van der Waals surface area contributed by atoms with Crippen molar-refractivity contribution in [2.24, 2.45) is 4.99 Å². The molecule has 1 aromatic heterocycles. The first kappa shape index (κ1) is 17.6. The van der Waals surface area contributed by atoms with Crippen LogP contribution >= 0.6 is 23.2 Å². The molecule has 3 aromatic rings. The molecule has 0 radical (unpaired) electrons. The zero-order valence-electron chi connectivity index (χ0n) is 13.0. The predicted octanol–water partition coefficient (Wildman–Crippen LogP) is 4.49. The van der Waals surface area contributed by atoms with Gasteiger partial charge >= 0.3 is 0 Å². The number of nitriles is 1. The standard InChI is InChI=1S/C17H11Cl2N5O2/c18-13-4-2-10(5-14(13)19)22-17-12(7-20)16(23-24-17)21-8-9-1-3-11(25)6-15(9)26/h1-6,8,25-26H,(H2,22,23,24)/b21-8+. The Morgan fingerprint density at radius 1 is 1.15 bits per heavy atom. The van der Waals surface area contributed by atoms with E-state index in [0.29, 0.717) is 21.3 Å². The van der Waals surface area contributed by atoms with Crippen LogP contribution in [0.15, 0.2) is 41.4 Å². The molecule has 0 saturated carbocycles. The van der Waals surface area contributed by atoms with Gasteiger partial charge in [0.2, 0.25) is 0 Å². The second-order valence-electron chi connectivity index (χ2n) is 5.16. The van der Waals surface area contributed by atoms with Crippen LogP contribution in [0.25, 0.3) is 0 Å². The second-order valence-corrected chi connectivity index (χ2v) is 5.98. The van der Waals surface area contributed by atoms with Gasteiger partial charge < -0.3 is 15.5 Å². The second kappa shape index (κ2) is 7.35. The fourth-order valence-electron chi connectivity index (χ4n) is 2.11. The number of nitrogens with one attached hydrogen (secondary N) is 2. The number of aromatic nitrogens is 2. The molecule has 4 N–H and O–H groups in total. The van der Waals surface area contributed by atoms with Gasteiger partial charge in [-0.1, -0.05) is 23.2 Å². The first-order chi connectivity index (χ1) is 12.5. The first-order valence-electron chi connectivity index (χ1n) is 7.24. The van der Waals surface area contributed by atoms with E-state index in [9.17, 15) is 15.5 Å². The van der Waals surface area contributed by atoms with Gasteiger partial charge in [0.25, 0.3) is 0 Å². The van der Waals surface area contributed by atoms with Gasteiger partial charge in [0.1, 0.15) is 23.1 Å². The van der Waals surface area contributed by atoms with E-state index in [0.717, 1.165) is 0 Å². The van der Waals surface area contributed by atoms with Gasteiger partial charge in [-0.3, -0.25) is 5.10 Å². The molecule has 0 saturated heterocycles. The van der Waals surface area contributed by atoms with E-state index in [1.807, 2.05) is 6.07 Å². The third-order valence-electron chi connectivity index (χ3n) is 3.39. The summed E-state index contributed by atoms with van der Waals surface area (Å²) in [5.74, 6) is 0.281. The van der Waals surface area contributed by atoms with Gasteiger partial charge in [0.05, 0.1) is 10.0 Å². The van der Waals surface area contributed by atoms with E-state index < -0.39 is 0 Å². The minimum absolute atomic E-state index is 0.0629. The van der Waals surface area contributed by atoms with Gasteiger partial charge in [-0.05, 0) is 30.3 Å². The number of rotatable bonds is 4. The Labute approximate surface area is 158 Å². The third kappa shape index (κ3) is 3.72. The molecule has 0 spiro atoms. The monoisotopic (exact) mass is 387 g/mol. The third-order valence-corrected chi connectivity index (χ3v) is 4.13. The van der Waals surface area contributed by atoms with Crippen molar-refractivity contribution in [3.8, 4) is 17.6 Å². The van der Waals surface area contributed by atoms with Gasteiger partial charge in [0.15, 0.2) is 11.6 Å². The maximum atomic E-state index is 9.77. The SMILES string of the molecule is N#Cc1c(Nc2ccc(Cl)c(Cl)c2)n[nH]c1/N=C/c1ccc(O)cc1O. The molecule has 7 nitrogen and oxygen atoms in total. The van der Waals surface area contributed by atoms with Crippen LogP contribution in [0.4, 0.5) is 17.3 Å². The van der Waals surface area contributed by atoms with E-state index in [2.05, 4.69) is 20.5 Å². The van der Waals surface area contributed by atoms with Crippen LogP contribution in [0.5, 0.6) is 11.5 Å². The molecular weight excluding hydrogens is 377 g/mol. The van der Waals surface area contributed by atoms with Crippen molar-refractivity contribution in [1.82, 2.24) is 10.2 Å². The summed E-state index contributed by atoms with van der Waals surface area (Å²) in [5, 5.41) is 38.9. The summed E-state index contributed by atoms with van der Waals surface area (Å²) in [5.41, 5.74) is 1.17. The largest absolute Gasteiger partial charge is 0.508 e. The Hall–Kier alpha value is -3.21. The number of hydrogen-bond donors (Lipinski definition) is 4. The predicted molar refractivity (Wildman–Crippen MR) is 100 cm³/mol. The van der Waals surface area contributed by atoms with Crippen LogP contribution in [0, 0.1) is 11.3 Å². The number of benzene rings is 2. The Balaban J connectivity index is 1.87. The molecule has 0 aliphatic rings. The lowest BCUT2D eigenvalue weighted by molar-refractivity contribution is 0.450. The maximum absolute atomic E-state index is 9.77. The first-order valence-corrected chi connectivity index (χ1v) is 8.00. The van der Waals surface area contributed by atoms with Gasteiger partial charge in [-0.15, -0.1) is 0 Å². The van der Waals surface area contributed by atoms with Crippen molar-refractivity contribution in [3.05, 3.63) is 57.6 Å². The highest BCUT2D eigenvalue weighted by Gasteiger charge is 2.13. The van der Waals surface area contributed by atoms with E-state index >= 15 is 0 Å². The molecule has 0 fully saturated rings. The summed E-state index contributed by atoms with van der Waals surface area (Å²) < 4.78 is 0. The van der Waals surface area contributed by atoms with Crippen molar-refractivity contribution in [1.29, 1.82) is 5.26 Å². The van der Waals surface area contributed by atoms with E-state index in [-0.39, 0.29) is 28.7 Å². The number of anilines is 2. The molecule has 0 unspecified atom stereocenters. The number of nitrogens with zero attached hydrogens (tertiary/aromatic N) is 3. The molecule has 130 valence electrons. The number of H-pyrrole nitrogens is 1. The number of halogens is 2. The molecule has 1 heterocycles. The van der Waals surface area contributed by atoms with Crippen molar-refractivity contribution in [2.45, 2.75) is 0 Å². The molecule has 0 aliphatic carbocycles. The lowest BCUT2D eigenvalue weighted by atomic mass is 10.2. The zero-order valence-corrected chi connectivity index (χ0v) is 14.5. The Morgan fingerprint density at radius 2 is 1.96 bits per heavy atom. The smallest absolute Gasteiger partial charge is 0.172 e. The Bertz CT molecular complexity index is 1040. The van der Waals surface area contributed by atoms with Crippen LogP contribution in [0.1, 0.15) is 11.1 Å². The summed E-state index contributed by atoms with van der Waals surface area (Å²) in [7, 11) is 0. The van der Waals surface area contributed by atoms with Crippen LogP contribution in [0.3, 0.4) is 0 Å². The zero-order chi connectivity index (χ0) is 18.7. The number of aliphatic imine (C=N–C) groups is 1. The van der Waals surface area contributed by atoms with Crippen LogP contribution in [0.2, 0.25) is 10.0 Å². The molecule has 0 aliphatic heterocycles. The van der Waals surface area contributed by atoms with Crippen molar-refractivity contribution >= 4 is 46.7 Å². The van der Waals surface area contributed by atoms with Gasteiger partial charge in [-0.25, -0.2) is 4.99 Å². The van der Waals surface area contributed by atoms with Gasteiger partial charge in [0, 0.05) is 23.5 Å². The lowest BCUT2D eigenvalue weighted by Gasteiger charge is -2.04. The minimum atomic E-state index is -0.138. The molecule has 9 heteroatoms. The molecule has 26 heavy (non-hydrogen) atoms. The normalized spacial score (nSPS) is 10.8. The lowest BCUT2D eigenvalue weighted by Crippen LogP contribution is -1.92. The summed E-state index contributed by atoms with van der Waals surface area (Å²) >= 11 is 11.9. The van der Waals surface area contributed by atoms with E-state index in [1.165, 1.54) is 24.4 Å². The highest BCUT2D eigenvalue weighted by atomic mass is 35.5. The maximum Gasteiger partial charge on any atom is 0.172 e. The number of hydrogen-bond acceptors (Lipinski definition) is 6. The van der Waals surface area contributed by atoms with Crippen LogP contribution < -0.4 is 5.32 Å². The molecule has 0 atom stereocenters. The molecule has 0 amide bonds. The molecular formula is C17H11Cl2N5O2. The Kier molecular flexibility index (Phi) is 4.98. The fourth-order valence-corrected chi connectivity index (χ4v) is 2.41. The number of aromatic hydroxyl groups is 2. The molecule has 3 rings (SSSR count). The number of phenols is 2. The molecule has 0 bridgehead atoms. The fraction of sp³-hybridized carbons (Fsp3) is 0. The van der Waals surface area contributed by atoms with Crippen LogP contribution in [-0.4, -0.2) is 26.6 Å². The highest BCUT2D eigenvalue weighted by Crippen LogP contribution is 2.30. The number of phenolic OH excluding ortho intramolecular Hbond substituents is 2. The van der Waals surface area contributed by atoms with Crippen molar-refractivity contribution in [3.63, 3.8) is 0 Å². The molecule has 2 aromatic carbocycles. The van der Waals surface area contributed by atoms with E-state index in [1.54, 1.807) is 18.2 Å². The summed E-state index contributed by atoms with van der Waals surface area (Å²) in [6.45, 7) is 0. The quantitative estimate of drug-likeness (QED) is 0.491. The minimum Gasteiger partial charge on any atom is -0.508 e. The highest BCUT2D eigenvalue weighted by molar-refractivity contribution is 6.42. The van der Waals surface area contributed by atoms with Crippen molar-refractivity contribution in [2.75, 3.05) is 5.32 Å². The summed E-state index contributed by atoms with van der Waals surface area (Å²) in [6.07, 6.45) is 1.35.